The summed E-state index contributed by atoms with van der Waals surface area (Å²) >= 11 is 0. The Balaban J connectivity index is 2.32. The molecule has 4 heteroatoms. The molecule has 21 heavy (non-hydrogen) atoms. The molecule has 0 aliphatic heterocycles. The molecule has 0 aromatic heterocycles. The molecule has 2 aromatic rings. The van der Waals surface area contributed by atoms with Crippen molar-refractivity contribution >= 4 is 5.78 Å². The van der Waals surface area contributed by atoms with E-state index < -0.39 is 11.7 Å². The Kier molecular flexibility index (Phi) is 4.16. The van der Waals surface area contributed by atoms with Crippen LogP contribution < -0.4 is 0 Å². The maximum Gasteiger partial charge on any atom is 0.416 e. The molecule has 2 aromatic carbocycles. The van der Waals surface area contributed by atoms with Gasteiger partial charge < -0.3 is 0 Å². The van der Waals surface area contributed by atoms with E-state index in [4.69, 9.17) is 0 Å². The van der Waals surface area contributed by atoms with Crippen molar-refractivity contribution < 1.29 is 18.0 Å². The summed E-state index contributed by atoms with van der Waals surface area (Å²) in [5.41, 5.74) is 2.43. The van der Waals surface area contributed by atoms with Crippen molar-refractivity contribution in [3.8, 4) is 11.1 Å². The van der Waals surface area contributed by atoms with Gasteiger partial charge in [-0.25, -0.2) is 0 Å². The van der Waals surface area contributed by atoms with E-state index in [1.54, 1.807) is 6.92 Å². The van der Waals surface area contributed by atoms with Gasteiger partial charge in [-0.3, -0.25) is 4.79 Å². The highest BCUT2D eigenvalue weighted by Gasteiger charge is 2.30. The standard InChI is InChI=1S/C17H15F3O/c1-11-9-15(17(18,19)20)7-8-16(11)14-5-3-13(4-6-14)10-12(2)21/h3-9H,10H2,1-2H3. The molecule has 0 fully saturated rings. The lowest BCUT2D eigenvalue weighted by molar-refractivity contribution is -0.137. The molecule has 0 spiro atoms. The number of benzene rings is 2. The van der Waals surface area contributed by atoms with Gasteiger partial charge in [0, 0.05) is 6.42 Å². The molecular formula is C17H15F3O. The molecule has 0 unspecified atom stereocenters. The van der Waals surface area contributed by atoms with Crippen LogP contribution in [-0.4, -0.2) is 5.78 Å². The normalized spacial score (nSPS) is 11.5. The van der Waals surface area contributed by atoms with Gasteiger partial charge in [-0.15, -0.1) is 0 Å². The zero-order valence-electron chi connectivity index (χ0n) is 11.8. The molecule has 0 saturated heterocycles. The second kappa shape index (κ2) is 5.72. The minimum Gasteiger partial charge on any atom is -0.300 e. The molecule has 0 radical (unpaired) electrons. The molecular weight excluding hydrogens is 277 g/mol. The summed E-state index contributed by atoms with van der Waals surface area (Å²) in [5, 5.41) is 0. The lowest BCUT2D eigenvalue weighted by Gasteiger charge is -2.11. The highest BCUT2D eigenvalue weighted by Crippen LogP contribution is 2.33. The number of hydrogen-bond donors (Lipinski definition) is 0. The van der Waals surface area contributed by atoms with Crippen molar-refractivity contribution in [3.05, 3.63) is 59.2 Å². The number of aryl methyl sites for hydroxylation is 1. The minimum absolute atomic E-state index is 0.0773. The van der Waals surface area contributed by atoms with Crippen LogP contribution in [0.15, 0.2) is 42.5 Å². The molecule has 0 amide bonds. The molecule has 0 aliphatic rings. The minimum atomic E-state index is -4.32. The molecule has 0 heterocycles. The molecule has 1 nitrogen and oxygen atoms in total. The third-order valence-electron chi connectivity index (χ3n) is 3.27. The highest BCUT2D eigenvalue weighted by molar-refractivity contribution is 5.78. The number of Topliss-reactive ketones (excluding diaryl/α,β-unsaturated/α-hetero) is 1. The maximum atomic E-state index is 12.6. The predicted molar refractivity (Wildman–Crippen MR) is 76.0 cm³/mol. The van der Waals surface area contributed by atoms with E-state index in [1.165, 1.54) is 13.0 Å². The number of halogens is 3. The van der Waals surface area contributed by atoms with Crippen LogP contribution in [-0.2, 0) is 17.4 Å². The summed E-state index contributed by atoms with van der Waals surface area (Å²) < 4.78 is 37.9. The average molecular weight is 292 g/mol. The smallest absolute Gasteiger partial charge is 0.300 e. The third kappa shape index (κ3) is 3.72. The van der Waals surface area contributed by atoms with Gasteiger partial charge in [0.25, 0.3) is 0 Å². The van der Waals surface area contributed by atoms with Crippen LogP contribution in [0.2, 0.25) is 0 Å². The lowest BCUT2D eigenvalue weighted by Crippen LogP contribution is -2.05. The van der Waals surface area contributed by atoms with Crippen LogP contribution in [0, 0.1) is 6.92 Å². The first-order valence-electron chi connectivity index (χ1n) is 6.54. The van der Waals surface area contributed by atoms with E-state index in [9.17, 15) is 18.0 Å². The first kappa shape index (κ1) is 15.3. The highest BCUT2D eigenvalue weighted by atomic mass is 19.4. The van der Waals surface area contributed by atoms with Crippen molar-refractivity contribution in [1.82, 2.24) is 0 Å². The molecule has 2 rings (SSSR count). The van der Waals surface area contributed by atoms with E-state index >= 15 is 0 Å². The van der Waals surface area contributed by atoms with Crippen LogP contribution in [0.5, 0.6) is 0 Å². The van der Waals surface area contributed by atoms with E-state index in [0.29, 0.717) is 12.0 Å². The topological polar surface area (TPSA) is 17.1 Å². The summed E-state index contributed by atoms with van der Waals surface area (Å²) in [5.74, 6) is 0.0773. The number of ketones is 1. The number of rotatable bonds is 3. The maximum absolute atomic E-state index is 12.6. The van der Waals surface area contributed by atoms with Crippen molar-refractivity contribution in [2.45, 2.75) is 26.4 Å². The molecule has 110 valence electrons. The van der Waals surface area contributed by atoms with Crippen LogP contribution in [0.3, 0.4) is 0 Å². The fourth-order valence-corrected chi connectivity index (χ4v) is 2.25. The van der Waals surface area contributed by atoms with Crippen molar-refractivity contribution in [2.75, 3.05) is 0 Å². The Bertz CT molecular complexity index is 655. The molecule has 0 aliphatic carbocycles. The molecule has 0 atom stereocenters. The first-order valence-corrected chi connectivity index (χ1v) is 6.54. The predicted octanol–water partition coefficient (Wildman–Crippen LogP) is 4.81. The molecule has 0 N–H and O–H groups in total. The number of carbonyl (C=O) groups is 1. The van der Waals surface area contributed by atoms with Crippen LogP contribution in [0.4, 0.5) is 13.2 Å². The van der Waals surface area contributed by atoms with Gasteiger partial charge in [0.1, 0.15) is 5.78 Å². The molecule has 0 saturated carbocycles. The largest absolute Gasteiger partial charge is 0.416 e. The van der Waals surface area contributed by atoms with Gasteiger partial charge in [-0.1, -0.05) is 30.3 Å². The summed E-state index contributed by atoms with van der Waals surface area (Å²) in [7, 11) is 0. The average Bonchev–Trinajstić information content (AvgIpc) is 2.38. The number of hydrogen-bond acceptors (Lipinski definition) is 1. The SMILES string of the molecule is CC(=O)Cc1ccc(-c2ccc(C(F)(F)F)cc2C)cc1. The summed E-state index contributed by atoms with van der Waals surface area (Å²) in [6.07, 6.45) is -3.96. The van der Waals surface area contributed by atoms with Crippen LogP contribution in [0.25, 0.3) is 11.1 Å². The molecule has 0 bridgehead atoms. The van der Waals surface area contributed by atoms with Crippen molar-refractivity contribution in [3.63, 3.8) is 0 Å². The summed E-state index contributed by atoms with van der Waals surface area (Å²) in [6, 6.07) is 11.0. The summed E-state index contributed by atoms with van der Waals surface area (Å²) in [4.78, 5) is 11.0. The number of carbonyl (C=O) groups excluding carboxylic acids is 1. The zero-order valence-corrected chi connectivity index (χ0v) is 11.8. The first-order chi connectivity index (χ1) is 9.77. The van der Waals surface area contributed by atoms with E-state index in [-0.39, 0.29) is 5.78 Å². The quantitative estimate of drug-likeness (QED) is 0.793. The van der Waals surface area contributed by atoms with E-state index in [1.807, 2.05) is 24.3 Å². The second-order valence-corrected chi connectivity index (χ2v) is 5.10. The third-order valence-corrected chi connectivity index (χ3v) is 3.27. The van der Waals surface area contributed by atoms with Crippen LogP contribution >= 0.6 is 0 Å². The fourth-order valence-electron chi connectivity index (χ4n) is 2.25. The van der Waals surface area contributed by atoms with Crippen LogP contribution in [0.1, 0.15) is 23.6 Å². The fraction of sp³-hybridized carbons (Fsp3) is 0.235. The van der Waals surface area contributed by atoms with Crippen molar-refractivity contribution in [1.29, 1.82) is 0 Å². The van der Waals surface area contributed by atoms with Gasteiger partial charge in [-0.2, -0.15) is 13.2 Å². The van der Waals surface area contributed by atoms with Gasteiger partial charge in [0.2, 0.25) is 0 Å². The zero-order chi connectivity index (χ0) is 15.6. The second-order valence-electron chi connectivity index (χ2n) is 5.10. The monoisotopic (exact) mass is 292 g/mol. The van der Waals surface area contributed by atoms with Gasteiger partial charge in [0.05, 0.1) is 5.56 Å². The number of alkyl halides is 3. The Hall–Kier alpha value is -2.10. The van der Waals surface area contributed by atoms with Gasteiger partial charge >= 0.3 is 6.18 Å². The Morgan fingerprint density at radius 2 is 1.67 bits per heavy atom. The Labute approximate surface area is 121 Å². The van der Waals surface area contributed by atoms with Gasteiger partial charge in [-0.05, 0) is 48.2 Å². The van der Waals surface area contributed by atoms with E-state index in [2.05, 4.69) is 0 Å². The lowest BCUT2D eigenvalue weighted by atomic mass is 9.97. The Morgan fingerprint density at radius 1 is 1.05 bits per heavy atom. The Morgan fingerprint density at radius 3 is 2.14 bits per heavy atom. The van der Waals surface area contributed by atoms with Crippen molar-refractivity contribution in [2.24, 2.45) is 0 Å². The summed E-state index contributed by atoms with van der Waals surface area (Å²) in [6.45, 7) is 3.18. The van der Waals surface area contributed by atoms with Gasteiger partial charge in [0.15, 0.2) is 0 Å². The van der Waals surface area contributed by atoms with E-state index in [0.717, 1.165) is 28.8 Å².